The topological polar surface area (TPSA) is 58.1 Å². The number of hydrogen-bond acceptors (Lipinski definition) is 4. The number of aryl methyl sites for hydroxylation is 1. The number of nitrogens with one attached hydrogen (secondary N) is 1. The second-order valence-electron chi connectivity index (χ2n) is 6.09. The van der Waals surface area contributed by atoms with E-state index in [0.717, 1.165) is 41.7 Å². The van der Waals surface area contributed by atoms with E-state index >= 15 is 0 Å². The molecule has 6 heteroatoms. The Balaban J connectivity index is 1.68. The average molecular weight is 389 g/mol. The van der Waals surface area contributed by atoms with Gasteiger partial charge in [-0.15, -0.1) is 0 Å². The monoisotopic (exact) mass is 388 g/mol. The molecule has 5 nitrogen and oxygen atoms in total. The van der Waals surface area contributed by atoms with Crippen LogP contribution in [0.1, 0.15) is 41.6 Å². The Morgan fingerprint density at radius 3 is 2.42 bits per heavy atom. The Bertz CT molecular complexity index is 709. The van der Waals surface area contributed by atoms with Crippen LogP contribution in [0.4, 0.5) is 11.6 Å². The van der Waals surface area contributed by atoms with Crippen LogP contribution in [0.3, 0.4) is 0 Å². The van der Waals surface area contributed by atoms with Crippen LogP contribution in [0.25, 0.3) is 0 Å². The fraction of sp³-hybridized carbons (Fsp3) is 0.389. The van der Waals surface area contributed by atoms with Gasteiger partial charge < -0.3 is 10.2 Å². The number of hydrogen-bond donors (Lipinski definition) is 1. The highest BCUT2D eigenvalue weighted by Crippen LogP contribution is 2.21. The van der Waals surface area contributed by atoms with Crippen molar-refractivity contribution in [3.05, 3.63) is 46.2 Å². The van der Waals surface area contributed by atoms with Crippen LogP contribution in [0.5, 0.6) is 0 Å². The second kappa shape index (κ2) is 7.75. The van der Waals surface area contributed by atoms with Gasteiger partial charge in [-0.3, -0.25) is 4.79 Å². The Kier molecular flexibility index (Phi) is 5.45. The minimum absolute atomic E-state index is 0.0305. The zero-order valence-electron chi connectivity index (χ0n) is 13.8. The molecule has 1 amide bonds. The van der Waals surface area contributed by atoms with Gasteiger partial charge in [-0.1, -0.05) is 28.8 Å². The summed E-state index contributed by atoms with van der Waals surface area (Å²) in [7, 11) is 0. The summed E-state index contributed by atoms with van der Waals surface area (Å²) in [5, 5.41) is 3.16. The number of carbonyl (C=O) groups excluding carboxylic acids is 1. The van der Waals surface area contributed by atoms with E-state index < -0.39 is 0 Å². The van der Waals surface area contributed by atoms with E-state index in [1.54, 1.807) is 12.4 Å². The first kappa shape index (κ1) is 16.9. The Morgan fingerprint density at radius 2 is 1.79 bits per heavy atom. The van der Waals surface area contributed by atoms with Gasteiger partial charge in [0.05, 0.1) is 5.56 Å². The number of halogens is 1. The van der Waals surface area contributed by atoms with Gasteiger partial charge in [0.2, 0.25) is 5.95 Å². The molecule has 1 aromatic carbocycles. The van der Waals surface area contributed by atoms with Crippen molar-refractivity contribution < 1.29 is 4.79 Å². The third kappa shape index (κ3) is 4.12. The van der Waals surface area contributed by atoms with E-state index in [-0.39, 0.29) is 5.91 Å². The first-order chi connectivity index (χ1) is 11.6. The zero-order valence-corrected chi connectivity index (χ0v) is 15.3. The molecule has 0 unspecified atom stereocenters. The molecule has 126 valence electrons. The van der Waals surface area contributed by atoms with Crippen molar-refractivity contribution in [2.24, 2.45) is 0 Å². The summed E-state index contributed by atoms with van der Waals surface area (Å²) in [6, 6.07) is 5.95. The molecule has 1 aliphatic heterocycles. The number of benzene rings is 1. The fourth-order valence-electron chi connectivity index (χ4n) is 2.81. The van der Waals surface area contributed by atoms with E-state index in [4.69, 9.17) is 0 Å². The lowest BCUT2D eigenvalue weighted by atomic mass is 10.2. The SMILES string of the molecule is Cc1cc(Nc2ncc(C(=O)N3CCCCCC3)cn2)ccc1Br. The molecule has 1 aliphatic rings. The maximum Gasteiger partial charge on any atom is 0.256 e. The van der Waals surface area contributed by atoms with Crippen molar-refractivity contribution in [3.8, 4) is 0 Å². The summed E-state index contributed by atoms with van der Waals surface area (Å²) in [6.07, 6.45) is 7.78. The summed E-state index contributed by atoms with van der Waals surface area (Å²) < 4.78 is 1.06. The molecule has 1 fully saturated rings. The molecule has 3 rings (SSSR count). The lowest BCUT2D eigenvalue weighted by Gasteiger charge is -2.19. The first-order valence-electron chi connectivity index (χ1n) is 8.28. The molecule has 0 bridgehead atoms. The summed E-state index contributed by atoms with van der Waals surface area (Å²) >= 11 is 3.48. The summed E-state index contributed by atoms with van der Waals surface area (Å²) in [4.78, 5) is 23.0. The van der Waals surface area contributed by atoms with Gasteiger partial charge in [0, 0.05) is 35.6 Å². The number of rotatable bonds is 3. The molecular formula is C18H21BrN4O. The average Bonchev–Trinajstić information content (AvgIpc) is 2.88. The van der Waals surface area contributed by atoms with Gasteiger partial charge in [0.1, 0.15) is 0 Å². The van der Waals surface area contributed by atoms with Crippen LogP contribution in [0.2, 0.25) is 0 Å². The van der Waals surface area contributed by atoms with Gasteiger partial charge >= 0.3 is 0 Å². The number of nitrogens with zero attached hydrogens (tertiary/aromatic N) is 3. The minimum Gasteiger partial charge on any atom is -0.339 e. The maximum atomic E-state index is 12.5. The van der Waals surface area contributed by atoms with Crippen LogP contribution >= 0.6 is 15.9 Å². The highest BCUT2D eigenvalue weighted by Gasteiger charge is 2.17. The predicted octanol–water partition coefficient (Wildman–Crippen LogP) is 4.31. The van der Waals surface area contributed by atoms with E-state index in [1.807, 2.05) is 30.0 Å². The van der Waals surface area contributed by atoms with Gasteiger partial charge in [-0.25, -0.2) is 9.97 Å². The van der Waals surface area contributed by atoms with Crippen molar-refractivity contribution in [1.82, 2.24) is 14.9 Å². The van der Waals surface area contributed by atoms with Gasteiger partial charge in [0.25, 0.3) is 5.91 Å². The van der Waals surface area contributed by atoms with Gasteiger partial charge in [-0.2, -0.15) is 0 Å². The van der Waals surface area contributed by atoms with Crippen molar-refractivity contribution in [2.45, 2.75) is 32.6 Å². The smallest absolute Gasteiger partial charge is 0.256 e. The molecular weight excluding hydrogens is 368 g/mol. The molecule has 2 aromatic rings. The number of amides is 1. The normalized spacial score (nSPS) is 15.0. The lowest BCUT2D eigenvalue weighted by Crippen LogP contribution is -2.32. The quantitative estimate of drug-likeness (QED) is 0.850. The minimum atomic E-state index is 0.0305. The maximum absolute atomic E-state index is 12.5. The molecule has 24 heavy (non-hydrogen) atoms. The summed E-state index contributed by atoms with van der Waals surface area (Å²) in [6.45, 7) is 3.69. The van der Waals surface area contributed by atoms with Crippen LogP contribution < -0.4 is 5.32 Å². The molecule has 0 saturated carbocycles. The third-order valence-electron chi connectivity index (χ3n) is 4.21. The number of carbonyl (C=O) groups is 1. The van der Waals surface area contributed by atoms with Crippen molar-refractivity contribution >= 4 is 33.5 Å². The highest BCUT2D eigenvalue weighted by molar-refractivity contribution is 9.10. The highest BCUT2D eigenvalue weighted by atomic mass is 79.9. The third-order valence-corrected chi connectivity index (χ3v) is 5.10. The van der Waals surface area contributed by atoms with E-state index in [9.17, 15) is 4.79 Å². The molecule has 0 atom stereocenters. The molecule has 1 saturated heterocycles. The summed E-state index contributed by atoms with van der Waals surface area (Å²) in [5.74, 6) is 0.520. The Hall–Kier alpha value is -1.95. The van der Waals surface area contributed by atoms with Crippen LogP contribution in [0, 0.1) is 6.92 Å². The fourth-order valence-corrected chi connectivity index (χ4v) is 3.06. The van der Waals surface area contributed by atoms with Crippen molar-refractivity contribution in [2.75, 3.05) is 18.4 Å². The Labute approximate surface area is 150 Å². The molecule has 0 radical (unpaired) electrons. The van der Waals surface area contributed by atoms with Crippen LogP contribution in [-0.4, -0.2) is 33.9 Å². The van der Waals surface area contributed by atoms with Crippen molar-refractivity contribution in [1.29, 1.82) is 0 Å². The molecule has 0 spiro atoms. The number of likely N-dealkylation sites (tertiary alicyclic amines) is 1. The van der Waals surface area contributed by atoms with E-state index in [0.29, 0.717) is 11.5 Å². The number of aromatic nitrogens is 2. The second-order valence-corrected chi connectivity index (χ2v) is 6.95. The van der Waals surface area contributed by atoms with Gasteiger partial charge in [0.15, 0.2) is 0 Å². The van der Waals surface area contributed by atoms with Crippen LogP contribution in [-0.2, 0) is 0 Å². The van der Waals surface area contributed by atoms with Gasteiger partial charge in [-0.05, 0) is 43.5 Å². The molecule has 1 N–H and O–H groups in total. The van der Waals surface area contributed by atoms with E-state index in [2.05, 4.69) is 31.2 Å². The van der Waals surface area contributed by atoms with E-state index in [1.165, 1.54) is 12.8 Å². The van der Waals surface area contributed by atoms with Crippen molar-refractivity contribution in [3.63, 3.8) is 0 Å². The lowest BCUT2D eigenvalue weighted by molar-refractivity contribution is 0.0761. The number of anilines is 2. The Morgan fingerprint density at radius 1 is 1.12 bits per heavy atom. The molecule has 0 aliphatic carbocycles. The zero-order chi connectivity index (χ0) is 16.9. The predicted molar refractivity (Wildman–Crippen MR) is 98.6 cm³/mol. The summed E-state index contributed by atoms with van der Waals surface area (Å²) in [5.41, 5.74) is 2.60. The molecule has 2 heterocycles. The first-order valence-corrected chi connectivity index (χ1v) is 9.07. The largest absolute Gasteiger partial charge is 0.339 e. The van der Waals surface area contributed by atoms with Crippen LogP contribution in [0.15, 0.2) is 35.1 Å². The molecule has 1 aromatic heterocycles. The standard InChI is InChI=1S/C18H21BrN4O/c1-13-10-15(6-7-16(13)19)22-18-20-11-14(12-21-18)17(24)23-8-4-2-3-5-9-23/h6-7,10-12H,2-5,8-9H2,1H3,(H,20,21,22).